The Morgan fingerprint density at radius 2 is 2.07 bits per heavy atom. The largest absolute Gasteiger partial charge is 0.347 e. The Kier molecular flexibility index (Phi) is 3.07. The molecule has 4 nitrogen and oxygen atoms in total. The lowest BCUT2D eigenvalue weighted by molar-refractivity contribution is -0.126. The molecule has 15 heavy (non-hydrogen) atoms. The summed E-state index contributed by atoms with van der Waals surface area (Å²) >= 11 is 0. The number of carbonyl (C=O) groups excluding carboxylic acids is 1. The molecule has 1 aromatic rings. The minimum atomic E-state index is -0.427. The van der Waals surface area contributed by atoms with Crippen molar-refractivity contribution in [1.82, 2.24) is 9.55 Å². The maximum atomic E-state index is 11.7. The van der Waals surface area contributed by atoms with Crippen molar-refractivity contribution >= 4 is 5.78 Å². The summed E-state index contributed by atoms with van der Waals surface area (Å²) in [5.74, 6) is 0.0250. The molecule has 0 spiro atoms. The van der Waals surface area contributed by atoms with E-state index in [1.165, 1.54) is 10.8 Å². The monoisotopic (exact) mass is 208 g/mol. The Balaban J connectivity index is 2.95. The van der Waals surface area contributed by atoms with E-state index in [1.54, 1.807) is 6.20 Å². The van der Waals surface area contributed by atoms with Gasteiger partial charge in [0.2, 0.25) is 0 Å². The average Bonchev–Trinajstić information content (AvgIpc) is 2.09. The highest BCUT2D eigenvalue weighted by Crippen LogP contribution is 2.15. The lowest BCUT2D eigenvalue weighted by atomic mass is 9.91. The third-order valence-electron chi connectivity index (χ3n) is 2.13. The summed E-state index contributed by atoms with van der Waals surface area (Å²) in [5, 5.41) is 0. The summed E-state index contributed by atoms with van der Waals surface area (Å²) in [5.41, 5.74) is 0.0675. The summed E-state index contributed by atoms with van der Waals surface area (Å²) in [6.07, 6.45) is 3.15. The molecular weight excluding hydrogens is 192 g/mol. The lowest BCUT2D eigenvalue weighted by Gasteiger charge is -2.17. The number of nitrogens with zero attached hydrogens (tertiary/aromatic N) is 2. The second-order valence-corrected chi connectivity index (χ2v) is 4.71. The first-order valence-corrected chi connectivity index (χ1v) is 4.87. The van der Waals surface area contributed by atoms with Gasteiger partial charge in [0, 0.05) is 17.8 Å². The van der Waals surface area contributed by atoms with E-state index in [1.807, 2.05) is 27.7 Å². The van der Waals surface area contributed by atoms with Gasteiger partial charge >= 0.3 is 5.69 Å². The Morgan fingerprint density at radius 3 is 2.60 bits per heavy atom. The van der Waals surface area contributed by atoms with Crippen LogP contribution in [-0.2, 0) is 11.3 Å². The fourth-order valence-corrected chi connectivity index (χ4v) is 1.07. The van der Waals surface area contributed by atoms with Crippen LogP contribution in [0.25, 0.3) is 0 Å². The van der Waals surface area contributed by atoms with E-state index in [9.17, 15) is 9.59 Å². The first-order chi connectivity index (χ1) is 6.80. The molecular formula is C11H16N2O2. The van der Waals surface area contributed by atoms with Crippen LogP contribution in [0.1, 0.15) is 26.3 Å². The van der Waals surface area contributed by atoms with Crippen molar-refractivity contribution in [3.8, 4) is 0 Å². The summed E-state index contributed by atoms with van der Waals surface area (Å²) in [6, 6.07) is 0. The van der Waals surface area contributed by atoms with E-state index < -0.39 is 5.41 Å². The molecule has 0 amide bonds. The van der Waals surface area contributed by atoms with Crippen molar-refractivity contribution in [2.45, 2.75) is 34.2 Å². The predicted molar refractivity (Wildman–Crippen MR) is 57.7 cm³/mol. The van der Waals surface area contributed by atoms with Gasteiger partial charge < -0.3 is 0 Å². The summed E-state index contributed by atoms with van der Waals surface area (Å²) in [4.78, 5) is 26.7. The second kappa shape index (κ2) is 3.96. The van der Waals surface area contributed by atoms with Crippen LogP contribution >= 0.6 is 0 Å². The SMILES string of the molecule is Cc1cnc(=O)n(CC(=O)C(C)(C)C)c1. The Hall–Kier alpha value is -1.45. The van der Waals surface area contributed by atoms with Crippen LogP contribution in [0, 0.1) is 12.3 Å². The summed E-state index contributed by atoms with van der Waals surface area (Å²) in [6.45, 7) is 7.44. The highest BCUT2D eigenvalue weighted by molar-refractivity contribution is 5.83. The fourth-order valence-electron chi connectivity index (χ4n) is 1.07. The Morgan fingerprint density at radius 1 is 1.47 bits per heavy atom. The molecule has 1 heterocycles. The molecule has 0 aliphatic rings. The van der Waals surface area contributed by atoms with Crippen molar-refractivity contribution in [2.75, 3.05) is 0 Å². The summed E-state index contributed by atoms with van der Waals surface area (Å²) < 4.78 is 1.35. The molecule has 0 radical (unpaired) electrons. The molecule has 4 heteroatoms. The third kappa shape index (κ3) is 3.01. The van der Waals surface area contributed by atoms with Gasteiger partial charge in [-0.1, -0.05) is 20.8 Å². The zero-order valence-electron chi connectivity index (χ0n) is 9.57. The van der Waals surface area contributed by atoms with Gasteiger partial charge in [-0.3, -0.25) is 9.36 Å². The van der Waals surface area contributed by atoms with Crippen LogP contribution in [0.2, 0.25) is 0 Å². The van der Waals surface area contributed by atoms with E-state index in [0.29, 0.717) is 0 Å². The molecule has 1 rings (SSSR count). The number of carbonyl (C=O) groups is 1. The van der Waals surface area contributed by atoms with Crippen LogP contribution in [0.15, 0.2) is 17.2 Å². The fraction of sp³-hybridized carbons (Fsp3) is 0.545. The molecule has 0 aliphatic carbocycles. The topological polar surface area (TPSA) is 52.0 Å². The van der Waals surface area contributed by atoms with E-state index in [0.717, 1.165) is 5.56 Å². The smallest absolute Gasteiger partial charge is 0.297 e. The van der Waals surface area contributed by atoms with Crippen molar-refractivity contribution in [2.24, 2.45) is 5.41 Å². The standard InChI is InChI=1S/C11H16N2O2/c1-8-5-12-10(15)13(6-8)7-9(14)11(2,3)4/h5-6H,7H2,1-4H3. The first kappa shape index (κ1) is 11.6. The molecule has 1 aromatic heterocycles. The van der Waals surface area contributed by atoms with E-state index in [4.69, 9.17) is 0 Å². The van der Waals surface area contributed by atoms with Crippen LogP contribution in [0.3, 0.4) is 0 Å². The Labute approximate surface area is 89.0 Å². The summed E-state index contributed by atoms with van der Waals surface area (Å²) in [7, 11) is 0. The van der Waals surface area contributed by atoms with E-state index in [-0.39, 0.29) is 18.0 Å². The van der Waals surface area contributed by atoms with Gasteiger partial charge in [0.15, 0.2) is 5.78 Å². The van der Waals surface area contributed by atoms with Crippen LogP contribution < -0.4 is 5.69 Å². The minimum absolute atomic E-state index is 0.0250. The van der Waals surface area contributed by atoms with Crippen LogP contribution in [0.4, 0.5) is 0 Å². The van der Waals surface area contributed by atoms with Gasteiger partial charge in [0.05, 0.1) is 6.54 Å². The molecule has 0 saturated carbocycles. The second-order valence-electron chi connectivity index (χ2n) is 4.71. The molecule has 0 aromatic carbocycles. The minimum Gasteiger partial charge on any atom is -0.297 e. The molecule has 0 aliphatic heterocycles. The normalized spacial score (nSPS) is 11.5. The van der Waals surface area contributed by atoms with Crippen molar-refractivity contribution in [1.29, 1.82) is 0 Å². The molecule has 0 unspecified atom stereocenters. The van der Waals surface area contributed by atoms with E-state index in [2.05, 4.69) is 4.98 Å². The molecule has 0 fully saturated rings. The Bertz CT molecular complexity index is 427. The number of aromatic nitrogens is 2. The van der Waals surface area contributed by atoms with Crippen molar-refractivity contribution < 1.29 is 4.79 Å². The van der Waals surface area contributed by atoms with Crippen LogP contribution in [-0.4, -0.2) is 15.3 Å². The van der Waals surface area contributed by atoms with Gasteiger partial charge in [-0.15, -0.1) is 0 Å². The van der Waals surface area contributed by atoms with Gasteiger partial charge in [-0.2, -0.15) is 0 Å². The number of hydrogen-bond donors (Lipinski definition) is 0. The maximum Gasteiger partial charge on any atom is 0.347 e. The predicted octanol–water partition coefficient (Wildman–Crippen LogP) is 1.17. The molecule has 82 valence electrons. The van der Waals surface area contributed by atoms with E-state index >= 15 is 0 Å². The van der Waals surface area contributed by atoms with Crippen molar-refractivity contribution in [3.63, 3.8) is 0 Å². The zero-order valence-corrected chi connectivity index (χ0v) is 9.57. The highest BCUT2D eigenvalue weighted by Gasteiger charge is 2.21. The van der Waals surface area contributed by atoms with Crippen molar-refractivity contribution in [3.05, 3.63) is 28.4 Å². The number of Topliss-reactive ketones (excluding diaryl/α,β-unsaturated/α-hetero) is 1. The number of rotatable bonds is 2. The number of aryl methyl sites for hydroxylation is 1. The molecule has 0 N–H and O–H groups in total. The molecule has 0 bridgehead atoms. The number of hydrogen-bond acceptors (Lipinski definition) is 3. The average molecular weight is 208 g/mol. The highest BCUT2D eigenvalue weighted by atomic mass is 16.2. The van der Waals surface area contributed by atoms with Crippen LogP contribution in [0.5, 0.6) is 0 Å². The van der Waals surface area contributed by atoms with Gasteiger partial charge in [-0.25, -0.2) is 9.78 Å². The number of ketones is 1. The zero-order chi connectivity index (χ0) is 11.6. The lowest BCUT2D eigenvalue weighted by Crippen LogP contribution is -2.31. The van der Waals surface area contributed by atoms with Gasteiger partial charge in [-0.05, 0) is 12.5 Å². The third-order valence-corrected chi connectivity index (χ3v) is 2.13. The quantitative estimate of drug-likeness (QED) is 0.733. The van der Waals surface area contributed by atoms with Gasteiger partial charge in [0.1, 0.15) is 0 Å². The maximum absolute atomic E-state index is 11.7. The van der Waals surface area contributed by atoms with Gasteiger partial charge in [0.25, 0.3) is 0 Å². The molecule has 0 atom stereocenters. The molecule has 0 saturated heterocycles. The first-order valence-electron chi connectivity index (χ1n) is 4.87.